The summed E-state index contributed by atoms with van der Waals surface area (Å²) < 4.78 is 1.62. The lowest BCUT2D eigenvalue weighted by Crippen LogP contribution is -2.35. The molecule has 0 bridgehead atoms. The second-order valence-electron chi connectivity index (χ2n) is 6.29. The lowest BCUT2D eigenvalue weighted by Gasteiger charge is -2.32. The molecule has 0 radical (unpaired) electrons. The largest absolute Gasteiger partial charge is 0.478 e. The molecule has 2 aromatic heterocycles. The first-order valence-electron chi connectivity index (χ1n) is 8.31. The fraction of sp³-hybridized carbons (Fsp3) is 0.353. The molecule has 8 heteroatoms. The Balaban J connectivity index is 1.46. The molecule has 0 amide bonds. The summed E-state index contributed by atoms with van der Waals surface area (Å²) in [7, 11) is 0. The summed E-state index contributed by atoms with van der Waals surface area (Å²) in [6.45, 7) is 1.72. The number of anilines is 1. The third kappa shape index (κ3) is 3.02. The van der Waals surface area contributed by atoms with Gasteiger partial charge in [-0.3, -0.25) is 0 Å². The van der Waals surface area contributed by atoms with Crippen LogP contribution in [-0.2, 0) is 6.42 Å². The maximum absolute atomic E-state index is 11.4. The number of carboxylic acids is 1. The number of rotatable bonds is 4. The number of hydrogen-bond donors (Lipinski definition) is 1. The first-order valence-corrected chi connectivity index (χ1v) is 8.31. The Morgan fingerprint density at radius 1 is 1.24 bits per heavy atom. The van der Waals surface area contributed by atoms with E-state index in [-0.39, 0.29) is 0 Å². The molecule has 8 nitrogen and oxygen atoms in total. The number of aromatic carboxylic acids is 1. The van der Waals surface area contributed by atoms with Crippen molar-refractivity contribution in [3.05, 3.63) is 47.8 Å². The predicted octanol–water partition coefficient (Wildman–Crippen LogP) is 1.68. The van der Waals surface area contributed by atoms with Gasteiger partial charge in [0, 0.05) is 19.3 Å². The van der Waals surface area contributed by atoms with Gasteiger partial charge in [0.1, 0.15) is 0 Å². The summed E-state index contributed by atoms with van der Waals surface area (Å²) in [6, 6.07) is 7.27. The zero-order valence-corrected chi connectivity index (χ0v) is 13.6. The minimum Gasteiger partial charge on any atom is -0.478 e. The van der Waals surface area contributed by atoms with E-state index in [1.807, 2.05) is 12.1 Å². The molecule has 0 unspecified atom stereocenters. The van der Waals surface area contributed by atoms with Crippen molar-refractivity contribution in [2.45, 2.75) is 19.3 Å². The van der Waals surface area contributed by atoms with Crippen molar-refractivity contribution in [2.24, 2.45) is 5.92 Å². The second-order valence-corrected chi connectivity index (χ2v) is 6.29. The molecule has 0 saturated carbocycles. The third-order valence-corrected chi connectivity index (χ3v) is 4.77. The van der Waals surface area contributed by atoms with E-state index in [1.165, 1.54) is 0 Å². The van der Waals surface area contributed by atoms with Crippen molar-refractivity contribution in [3.63, 3.8) is 0 Å². The van der Waals surface area contributed by atoms with Crippen LogP contribution in [0.4, 0.5) is 5.82 Å². The number of hydrogen-bond acceptors (Lipinski definition) is 6. The molecule has 128 valence electrons. The van der Waals surface area contributed by atoms with Gasteiger partial charge in [0.25, 0.3) is 0 Å². The molecule has 3 aromatic rings. The Labute approximate surface area is 144 Å². The van der Waals surface area contributed by atoms with Crippen LogP contribution in [0.5, 0.6) is 0 Å². The SMILES string of the molecule is O=C(O)c1ccccc1CC1CCN(c2nccn3nnnc23)CC1. The van der Waals surface area contributed by atoms with Gasteiger partial charge >= 0.3 is 5.97 Å². The highest BCUT2D eigenvalue weighted by Crippen LogP contribution is 2.27. The van der Waals surface area contributed by atoms with Gasteiger partial charge in [-0.2, -0.15) is 4.52 Å². The highest BCUT2D eigenvalue weighted by atomic mass is 16.4. The zero-order valence-electron chi connectivity index (χ0n) is 13.6. The molecule has 0 atom stereocenters. The number of benzene rings is 1. The fourth-order valence-corrected chi connectivity index (χ4v) is 3.46. The number of fused-ring (bicyclic) bond motifs is 1. The van der Waals surface area contributed by atoms with Gasteiger partial charge in [-0.1, -0.05) is 18.2 Å². The van der Waals surface area contributed by atoms with Crippen LogP contribution in [0, 0.1) is 5.92 Å². The maximum atomic E-state index is 11.4. The highest BCUT2D eigenvalue weighted by Gasteiger charge is 2.24. The van der Waals surface area contributed by atoms with Gasteiger partial charge in [0.2, 0.25) is 5.65 Å². The zero-order chi connectivity index (χ0) is 17.2. The molecule has 1 N–H and O–H groups in total. The van der Waals surface area contributed by atoms with E-state index < -0.39 is 5.97 Å². The molecule has 1 saturated heterocycles. The standard InChI is InChI=1S/C17H18N6O2/c24-17(25)14-4-2-1-3-13(14)11-12-5-8-22(9-6-12)15-16-19-20-21-23(16)10-7-18-15/h1-4,7,10,12H,5-6,8-9,11H2,(H,24,25). The molecular weight excluding hydrogens is 320 g/mol. The fourth-order valence-electron chi connectivity index (χ4n) is 3.46. The number of nitrogens with zero attached hydrogens (tertiary/aromatic N) is 6. The Bertz CT molecular complexity index is 901. The van der Waals surface area contributed by atoms with Crippen molar-refractivity contribution >= 4 is 17.4 Å². The summed E-state index contributed by atoms with van der Waals surface area (Å²) in [5, 5.41) is 21.0. The molecule has 3 heterocycles. The number of tetrazole rings is 1. The Kier molecular flexibility index (Phi) is 4.01. The van der Waals surface area contributed by atoms with Gasteiger partial charge in [-0.05, 0) is 47.2 Å². The molecular formula is C17H18N6O2. The van der Waals surface area contributed by atoms with Crippen LogP contribution in [0.2, 0.25) is 0 Å². The van der Waals surface area contributed by atoms with Crippen LogP contribution in [-0.4, -0.2) is 49.2 Å². The van der Waals surface area contributed by atoms with Crippen LogP contribution in [0.1, 0.15) is 28.8 Å². The van der Waals surface area contributed by atoms with Gasteiger partial charge in [0.15, 0.2) is 5.82 Å². The summed E-state index contributed by atoms with van der Waals surface area (Å²) in [5.74, 6) is 0.410. The van der Waals surface area contributed by atoms with Crippen molar-refractivity contribution in [1.82, 2.24) is 25.0 Å². The first kappa shape index (κ1) is 15.5. The minimum absolute atomic E-state index is 0.408. The molecule has 1 aromatic carbocycles. The smallest absolute Gasteiger partial charge is 0.335 e. The van der Waals surface area contributed by atoms with E-state index in [4.69, 9.17) is 0 Å². The molecule has 0 aliphatic carbocycles. The Hall–Kier alpha value is -3.03. The maximum Gasteiger partial charge on any atom is 0.335 e. The van der Waals surface area contributed by atoms with Crippen molar-refractivity contribution in [2.75, 3.05) is 18.0 Å². The average Bonchev–Trinajstić information content (AvgIpc) is 3.11. The molecule has 1 aliphatic heterocycles. The van der Waals surface area contributed by atoms with Crippen LogP contribution in [0.3, 0.4) is 0 Å². The summed E-state index contributed by atoms with van der Waals surface area (Å²) in [4.78, 5) is 18.0. The Morgan fingerprint density at radius 2 is 2.04 bits per heavy atom. The van der Waals surface area contributed by atoms with E-state index in [0.29, 0.717) is 17.1 Å². The van der Waals surface area contributed by atoms with Crippen molar-refractivity contribution in [3.8, 4) is 0 Å². The quantitative estimate of drug-likeness (QED) is 0.773. The van der Waals surface area contributed by atoms with Crippen molar-refractivity contribution in [1.29, 1.82) is 0 Å². The predicted molar refractivity (Wildman–Crippen MR) is 90.6 cm³/mol. The summed E-state index contributed by atoms with van der Waals surface area (Å²) in [5.41, 5.74) is 1.98. The average molecular weight is 338 g/mol. The third-order valence-electron chi connectivity index (χ3n) is 4.77. The van der Waals surface area contributed by atoms with Crippen molar-refractivity contribution < 1.29 is 9.90 Å². The van der Waals surface area contributed by atoms with Crippen LogP contribution in [0.15, 0.2) is 36.7 Å². The number of aromatic nitrogens is 5. The van der Waals surface area contributed by atoms with Gasteiger partial charge in [-0.15, -0.1) is 5.10 Å². The van der Waals surface area contributed by atoms with E-state index in [2.05, 4.69) is 25.4 Å². The Morgan fingerprint density at radius 3 is 2.84 bits per heavy atom. The van der Waals surface area contributed by atoms with Crippen LogP contribution < -0.4 is 4.90 Å². The summed E-state index contributed by atoms with van der Waals surface area (Å²) >= 11 is 0. The first-order chi connectivity index (χ1) is 12.2. The molecule has 0 spiro atoms. The lowest BCUT2D eigenvalue weighted by atomic mass is 9.88. The second kappa shape index (κ2) is 6.46. The number of carbonyl (C=O) groups is 1. The van der Waals surface area contributed by atoms with Gasteiger partial charge < -0.3 is 10.0 Å². The summed E-state index contributed by atoms with van der Waals surface area (Å²) in [6.07, 6.45) is 6.19. The van der Waals surface area contributed by atoms with Crippen LogP contribution in [0.25, 0.3) is 5.65 Å². The van der Waals surface area contributed by atoms with Gasteiger partial charge in [0.05, 0.1) is 11.8 Å². The lowest BCUT2D eigenvalue weighted by molar-refractivity contribution is 0.0695. The molecule has 25 heavy (non-hydrogen) atoms. The number of carboxylic acid groups (broad SMARTS) is 1. The number of piperidine rings is 1. The molecule has 1 fully saturated rings. The molecule has 1 aliphatic rings. The molecule has 4 rings (SSSR count). The van der Waals surface area contributed by atoms with E-state index in [1.54, 1.807) is 29.0 Å². The van der Waals surface area contributed by atoms with Crippen LogP contribution >= 0.6 is 0 Å². The minimum atomic E-state index is -0.858. The van der Waals surface area contributed by atoms with E-state index >= 15 is 0 Å². The monoisotopic (exact) mass is 338 g/mol. The van der Waals surface area contributed by atoms with E-state index in [0.717, 1.165) is 43.7 Å². The normalized spacial score (nSPS) is 15.6. The van der Waals surface area contributed by atoms with E-state index in [9.17, 15) is 9.90 Å². The highest BCUT2D eigenvalue weighted by molar-refractivity contribution is 5.89. The topological polar surface area (TPSA) is 96.5 Å². The van der Waals surface area contributed by atoms with Gasteiger partial charge in [-0.25, -0.2) is 9.78 Å².